The largest absolute Gasteiger partial charge is 0.508 e. The van der Waals surface area contributed by atoms with Gasteiger partial charge in [-0.1, -0.05) is 76.6 Å². The van der Waals surface area contributed by atoms with Crippen molar-refractivity contribution in [3.63, 3.8) is 0 Å². The maximum absolute atomic E-state index is 14.0. The number of carbonyl (C=O) groups is 7. The molecule has 0 spiro atoms. The molecular weight excluding hydrogens is 738 g/mol. The molecule has 0 saturated carbocycles. The number of carboxylic acids is 2. The first kappa shape index (κ1) is 47.6. The van der Waals surface area contributed by atoms with E-state index in [1.807, 2.05) is 30.3 Å². The van der Waals surface area contributed by atoms with Gasteiger partial charge in [-0.15, -0.1) is 0 Å². The van der Waals surface area contributed by atoms with E-state index in [0.717, 1.165) is 5.56 Å². The molecule has 0 aliphatic carbocycles. The quantitative estimate of drug-likeness (QED) is 0.0622. The highest BCUT2D eigenvalue weighted by molar-refractivity contribution is 5.96. The number of carbonyl (C=O) groups excluding carboxylic acids is 5. The van der Waals surface area contributed by atoms with Crippen LogP contribution in [0.3, 0.4) is 0 Å². The van der Waals surface area contributed by atoms with E-state index in [1.54, 1.807) is 39.8 Å². The van der Waals surface area contributed by atoms with Crippen LogP contribution >= 0.6 is 0 Å². The van der Waals surface area contributed by atoms with Crippen molar-refractivity contribution < 1.29 is 48.9 Å². The molecule has 0 aliphatic heterocycles. The molecule has 2 rings (SSSR count). The van der Waals surface area contributed by atoms with E-state index in [2.05, 4.69) is 26.6 Å². The summed E-state index contributed by atoms with van der Waals surface area (Å²) in [6.45, 7) is 7.08. The van der Waals surface area contributed by atoms with E-state index in [4.69, 9.17) is 16.6 Å². The van der Waals surface area contributed by atoms with Crippen LogP contribution in [-0.4, -0.2) is 99.6 Å². The summed E-state index contributed by atoms with van der Waals surface area (Å²) in [5.74, 6) is -7.28. The number of rotatable bonds is 25. The number of carboxylic acid groups (broad SMARTS) is 2. The van der Waals surface area contributed by atoms with Crippen molar-refractivity contribution in [2.24, 2.45) is 23.3 Å². The number of benzene rings is 2. The van der Waals surface area contributed by atoms with Gasteiger partial charge in [-0.3, -0.25) is 28.8 Å². The summed E-state index contributed by atoms with van der Waals surface area (Å²) in [6, 6.07) is 7.82. The maximum Gasteiger partial charge on any atom is 0.326 e. The molecule has 0 aliphatic rings. The van der Waals surface area contributed by atoms with Gasteiger partial charge in [0, 0.05) is 12.8 Å². The van der Waals surface area contributed by atoms with Crippen molar-refractivity contribution in [2.75, 3.05) is 6.54 Å². The van der Waals surface area contributed by atoms with Gasteiger partial charge in [0.15, 0.2) is 0 Å². The highest BCUT2D eigenvalue weighted by Crippen LogP contribution is 2.15. The third-order valence-electron chi connectivity index (χ3n) is 9.53. The Hall–Kier alpha value is -5.55. The molecule has 7 atom stereocenters. The fourth-order valence-electron chi connectivity index (χ4n) is 5.87. The Labute approximate surface area is 333 Å². The molecule has 0 aromatic heterocycles. The molecule has 12 N–H and O–H groups in total. The third-order valence-corrected chi connectivity index (χ3v) is 9.53. The Morgan fingerprint density at radius 3 is 1.74 bits per heavy atom. The second kappa shape index (κ2) is 24.2. The Balaban J connectivity index is 2.32. The number of phenols is 1. The number of hydrogen-bond donors (Lipinski definition) is 10. The summed E-state index contributed by atoms with van der Waals surface area (Å²) in [6.07, 6.45) is 0.777. The van der Waals surface area contributed by atoms with Crippen LogP contribution in [0.4, 0.5) is 0 Å². The number of nitrogens with one attached hydrogen (secondary N) is 5. The van der Waals surface area contributed by atoms with Gasteiger partial charge in [-0.2, -0.15) is 0 Å². The van der Waals surface area contributed by atoms with Crippen LogP contribution in [0.25, 0.3) is 0 Å². The lowest BCUT2D eigenvalue weighted by Crippen LogP contribution is -2.61. The van der Waals surface area contributed by atoms with Gasteiger partial charge < -0.3 is 53.4 Å². The summed E-state index contributed by atoms with van der Waals surface area (Å²) in [5.41, 5.74) is 13.4. The number of phenolic OH excluding ortho intramolecular Hbond substituents is 1. The molecule has 0 fully saturated rings. The van der Waals surface area contributed by atoms with Crippen LogP contribution in [0.1, 0.15) is 77.3 Å². The third kappa shape index (κ3) is 16.6. The van der Waals surface area contributed by atoms with E-state index < -0.39 is 96.0 Å². The number of nitrogens with two attached hydrogens (primary N) is 2. The van der Waals surface area contributed by atoms with Crippen molar-refractivity contribution in [3.05, 3.63) is 65.7 Å². The summed E-state index contributed by atoms with van der Waals surface area (Å²) in [4.78, 5) is 91.1. The number of aromatic hydroxyl groups is 1. The first-order chi connectivity index (χ1) is 27.0. The average Bonchev–Trinajstić information content (AvgIpc) is 3.17. The number of aliphatic carboxylic acids is 2. The van der Waals surface area contributed by atoms with Crippen LogP contribution < -0.4 is 38.1 Å². The molecule has 2 aromatic rings. The zero-order valence-electron chi connectivity index (χ0n) is 33.0. The highest BCUT2D eigenvalue weighted by atomic mass is 16.4. The monoisotopic (exact) mass is 797 g/mol. The molecule has 314 valence electrons. The fourth-order valence-corrected chi connectivity index (χ4v) is 5.87. The van der Waals surface area contributed by atoms with Crippen molar-refractivity contribution >= 4 is 41.5 Å². The van der Waals surface area contributed by atoms with Crippen LogP contribution in [-0.2, 0) is 46.4 Å². The first-order valence-electron chi connectivity index (χ1n) is 19.2. The summed E-state index contributed by atoms with van der Waals surface area (Å²) < 4.78 is 0. The Kier molecular flexibility index (Phi) is 20.2. The minimum atomic E-state index is -1.52. The van der Waals surface area contributed by atoms with E-state index in [1.165, 1.54) is 12.1 Å². The zero-order valence-corrected chi connectivity index (χ0v) is 33.0. The second-order valence-electron chi connectivity index (χ2n) is 14.5. The molecule has 17 heteroatoms. The van der Waals surface area contributed by atoms with Gasteiger partial charge in [0.25, 0.3) is 0 Å². The van der Waals surface area contributed by atoms with Crippen LogP contribution in [0, 0.1) is 11.8 Å². The maximum atomic E-state index is 14.0. The molecule has 2 aromatic carbocycles. The van der Waals surface area contributed by atoms with Crippen LogP contribution in [0.15, 0.2) is 54.6 Å². The van der Waals surface area contributed by atoms with Crippen molar-refractivity contribution in [1.29, 1.82) is 0 Å². The second-order valence-corrected chi connectivity index (χ2v) is 14.5. The van der Waals surface area contributed by atoms with Gasteiger partial charge in [-0.25, -0.2) is 4.79 Å². The number of unbranched alkanes of at least 4 members (excludes halogenated alkanes) is 1. The lowest BCUT2D eigenvalue weighted by molar-refractivity contribution is -0.143. The lowest BCUT2D eigenvalue weighted by atomic mass is 9.95. The van der Waals surface area contributed by atoms with Crippen molar-refractivity contribution in [2.45, 2.75) is 115 Å². The molecule has 0 heterocycles. The smallest absolute Gasteiger partial charge is 0.326 e. The van der Waals surface area contributed by atoms with Gasteiger partial charge in [-0.05, 0) is 73.7 Å². The summed E-state index contributed by atoms with van der Waals surface area (Å²) in [5, 5.41) is 41.5. The van der Waals surface area contributed by atoms with Crippen LogP contribution in [0.5, 0.6) is 5.75 Å². The molecule has 0 bridgehead atoms. The average molecular weight is 798 g/mol. The van der Waals surface area contributed by atoms with Gasteiger partial charge >= 0.3 is 11.9 Å². The van der Waals surface area contributed by atoms with E-state index in [-0.39, 0.29) is 31.4 Å². The summed E-state index contributed by atoms with van der Waals surface area (Å²) in [7, 11) is 0. The molecule has 17 nitrogen and oxygen atoms in total. The Morgan fingerprint density at radius 2 is 1.18 bits per heavy atom. The Morgan fingerprint density at radius 1 is 0.632 bits per heavy atom. The van der Waals surface area contributed by atoms with Crippen molar-refractivity contribution in [3.8, 4) is 5.75 Å². The standard InChI is InChI=1S/C40H59N7O10/c1-5-24(4)34(39(55)44-30(40(56)57)18-19-32(49)50)47-38(54)33(23(2)3)46-36(52)29(13-9-10-20-41)43-37(53)31(22-26-14-16-27(48)17-15-26)45-35(51)28(42)21-25-11-7-6-8-12-25/h6-8,11-12,14-17,23-24,28-31,33-34,48H,5,9-10,13,18-22,41-42H2,1-4H3,(H,43,53)(H,44,55)(H,45,51)(H,46,52)(H,47,54)(H,49,50)(H,56,57). The predicted molar refractivity (Wildman–Crippen MR) is 211 cm³/mol. The van der Waals surface area contributed by atoms with Crippen LogP contribution in [0.2, 0.25) is 0 Å². The van der Waals surface area contributed by atoms with E-state index in [0.29, 0.717) is 31.4 Å². The molecule has 0 radical (unpaired) electrons. The SMILES string of the molecule is CCC(C)C(NC(=O)C(NC(=O)C(CCCCN)NC(=O)C(Cc1ccc(O)cc1)NC(=O)C(N)Cc1ccccc1)C(C)C)C(=O)NC(CCC(=O)O)C(=O)O. The van der Waals surface area contributed by atoms with Gasteiger partial charge in [0.05, 0.1) is 6.04 Å². The minimum absolute atomic E-state index is 0.00495. The van der Waals surface area contributed by atoms with Crippen molar-refractivity contribution in [1.82, 2.24) is 26.6 Å². The normalized spacial score (nSPS) is 14.8. The highest BCUT2D eigenvalue weighted by Gasteiger charge is 2.35. The predicted octanol–water partition coefficient (Wildman–Crippen LogP) is 0.709. The molecule has 5 amide bonds. The Bertz CT molecular complexity index is 1640. The topological polar surface area (TPSA) is 292 Å². The summed E-state index contributed by atoms with van der Waals surface area (Å²) >= 11 is 0. The molecule has 7 unspecified atom stereocenters. The van der Waals surface area contributed by atoms with E-state index in [9.17, 15) is 43.8 Å². The molecule has 57 heavy (non-hydrogen) atoms. The zero-order chi connectivity index (χ0) is 42.7. The van der Waals surface area contributed by atoms with E-state index >= 15 is 0 Å². The lowest BCUT2D eigenvalue weighted by Gasteiger charge is -2.30. The first-order valence-corrected chi connectivity index (χ1v) is 19.2. The molecule has 0 saturated heterocycles. The number of amides is 5. The minimum Gasteiger partial charge on any atom is -0.508 e. The fraction of sp³-hybridized carbons (Fsp3) is 0.525. The molecular formula is C40H59N7O10. The number of hydrogen-bond acceptors (Lipinski definition) is 10. The van der Waals surface area contributed by atoms with Gasteiger partial charge in [0.2, 0.25) is 29.5 Å². The van der Waals surface area contributed by atoms with Gasteiger partial charge in [0.1, 0.15) is 36.0 Å².